The lowest BCUT2D eigenvalue weighted by Crippen LogP contribution is -2.08. The summed E-state index contributed by atoms with van der Waals surface area (Å²) in [5.74, 6) is -1.61. The Hall–Kier alpha value is -2.62. The van der Waals surface area contributed by atoms with E-state index in [1.165, 1.54) is 18.7 Å². The number of esters is 1. The maximum absolute atomic E-state index is 12.0. The highest BCUT2D eigenvalue weighted by atomic mass is 16.5. The fraction of sp³-hybridized carbons (Fsp3) is 0.263. The number of methoxy groups -OCH3 is 1. The van der Waals surface area contributed by atoms with Crippen LogP contribution < -0.4 is 0 Å². The van der Waals surface area contributed by atoms with Crippen LogP contribution in [0.5, 0.6) is 0 Å². The van der Waals surface area contributed by atoms with Crippen LogP contribution in [0.4, 0.5) is 0 Å². The largest absolute Gasteiger partial charge is 0.478 e. The average Bonchev–Trinajstić information content (AvgIpc) is 2.59. The van der Waals surface area contributed by atoms with Crippen molar-refractivity contribution in [2.45, 2.75) is 26.2 Å². The molecular weight excluding hydrogens is 292 g/mol. The van der Waals surface area contributed by atoms with Crippen LogP contribution >= 0.6 is 0 Å². The van der Waals surface area contributed by atoms with E-state index < -0.39 is 11.9 Å². The number of unbranched alkanes of at least 4 members (excludes halogenated alkanes) is 1. The van der Waals surface area contributed by atoms with Gasteiger partial charge in [-0.3, -0.25) is 0 Å². The lowest BCUT2D eigenvalue weighted by molar-refractivity contribution is 0.0601. The highest BCUT2D eigenvalue weighted by molar-refractivity contribution is 6.05. The predicted molar refractivity (Wildman–Crippen MR) is 88.8 cm³/mol. The van der Waals surface area contributed by atoms with Gasteiger partial charge in [0.05, 0.1) is 18.2 Å². The summed E-state index contributed by atoms with van der Waals surface area (Å²) in [6.45, 7) is 2.14. The number of benzene rings is 2. The molecule has 4 heteroatoms. The molecule has 0 amide bonds. The van der Waals surface area contributed by atoms with Gasteiger partial charge in [-0.1, -0.05) is 43.7 Å². The molecule has 0 aliphatic carbocycles. The van der Waals surface area contributed by atoms with E-state index in [2.05, 4.69) is 6.92 Å². The zero-order valence-corrected chi connectivity index (χ0v) is 13.3. The number of hydrogen-bond acceptors (Lipinski definition) is 3. The molecule has 0 heterocycles. The van der Waals surface area contributed by atoms with E-state index in [0.29, 0.717) is 11.1 Å². The monoisotopic (exact) mass is 312 g/mol. The highest BCUT2D eigenvalue weighted by Gasteiger charge is 2.20. The third kappa shape index (κ3) is 3.77. The number of ether oxygens (including phenoxy) is 1. The van der Waals surface area contributed by atoms with Crippen molar-refractivity contribution in [3.8, 4) is 11.1 Å². The van der Waals surface area contributed by atoms with Crippen molar-refractivity contribution in [1.82, 2.24) is 0 Å². The summed E-state index contributed by atoms with van der Waals surface area (Å²) in [6, 6.07) is 12.3. The Balaban J connectivity index is 2.52. The van der Waals surface area contributed by atoms with Crippen molar-refractivity contribution in [3.05, 3.63) is 59.2 Å². The summed E-state index contributed by atoms with van der Waals surface area (Å²) in [5, 5.41) is 9.42. The molecule has 23 heavy (non-hydrogen) atoms. The topological polar surface area (TPSA) is 63.6 Å². The van der Waals surface area contributed by atoms with Crippen molar-refractivity contribution in [1.29, 1.82) is 0 Å². The molecular formula is C19H20O4. The molecule has 2 aromatic carbocycles. The number of aryl methyl sites for hydroxylation is 1. The molecule has 4 nitrogen and oxygen atoms in total. The van der Waals surface area contributed by atoms with Gasteiger partial charge in [0, 0.05) is 5.56 Å². The molecule has 120 valence electrons. The molecule has 2 rings (SSSR count). The van der Waals surface area contributed by atoms with Crippen molar-refractivity contribution < 1.29 is 19.4 Å². The predicted octanol–water partition coefficient (Wildman–Crippen LogP) is 4.18. The Morgan fingerprint density at radius 3 is 2.26 bits per heavy atom. The van der Waals surface area contributed by atoms with Gasteiger partial charge in [0.25, 0.3) is 0 Å². The van der Waals surface area contributed by atoms with Crippen LogP contribution in [0.1, 0.15) is 46.0 Å². The summed E-state index contributed by atoms with van der Waals surface area (Å²) >= 11 is 0. The Morgan fingerprint density at radius 2 is 1.70 bits per heavy atom. The molecule has 0 radical (unpaired) electrons. The van der Waals surface area contributed by atoms with Crippen LogP contribution in [0.25, 0.3) is 11.1 Å². The molecule has 0 bridgehead atoms. The molecule has 0 fully saturated rings. The van der Waals surface area contributed by atoms with Gasteiger partial charge < -0.3 is 9.84 Å². The summed E-state index contributed by atoms with van der Waals surface area (Å²) in [6.07, 6.45) is 3.22. The highest BCUT2D eigenvalue weighted by Crippen LogP contribution is 2.29. The van der Waals surface area contributed by atoms with Gasteiger partial charge in [0.1, 0.15) is 0 Å². The molecule has 0 spiro atoms. The fourth-order valence-corrected chi connectivity index (χ4v) is 2.54. The first kappa shape index (κ1) is 16.7. The number of aromatic carboxylic acids is 1. The lowest BCUT2D eigenvalue weighted by Gasteiger charge is -2.12. The second-order valence-corrected chi connectivity index (χ2v) is 5.33. The first-order chi connectivity index (χ1) is 11.1. The van der Waals surface area contributed by atoms with E-state index in [-0.39, 0.29) is 11.1 Å². The van der Waals surface area contributed by atoms with Gasteiger partial charge in [-0.05, 0) is 36.1 Å². The van der Waals surface area contributed by atoms with Crippen molar-refractivity contribution in [2.75, 3.05) is 7.11 Å². The van der Waals surface area contributed by atoms with Gasteiger partial charge in [0.2, 0.25) is 0 Å². The van der Waals surface area contributed by atoms with Crippen molar-refractivity contribution >= 4 is 11.9 Å². The standard InChI is InChI=1S/C19H20O4/c1-3-4-6-13-9-11-14(12-10-13)17-15(18(20)21)7-5-8-16(17)19(22)23-2/h5,7-12H,3-4,6H2,1-2H3,(H,20,21). The van der Waals surface area contributed by atoms with Crippen LogP contribution in [-0.2, 0) is 11.2 Å². The molecule has 0 unspecified atom stereocenters. The number of carbonyl (C=O) groups excluding carboxylic acids is 1. The van der Waals surface area contributed by atoms with Gasteiger partial charge >= 0.3 is 11.9 Å². The SMILES string of the molecule is CCCCc1ccc(-c2c(C(=O)O)cccc2C(=O)OC)cc1. The van der Waals surface area contributed by atoms with Crippen molar-refractivity contribution in [2.24, 2.45) is 0 Å². The smallest absolute Gasteiger partial charge is 0.338 e. The van der Waals surface area contributed by atoms with Gasteiger partial charge in [-0.25, -0.2) is 9.59 Å². The Labute approximate surface area is 135 Å². The van der Waals surface area contributed by atoms with E-state index in [1.807, 2.05) is 24.3 Å². The minimum atomic E-state index is -1.07. The van der Waals surface area contributed by atoms with E-state index in [4.69, 9.17) is 4.74 Å². The molecule has 0 saturated heterocycles. The third-order valence-electron chi connectivity index (χ3n) is 3.76. The van der Waals surface area contributed by atoms with Crippen LogP contribution in [0.15, 0.2) is 42.5 Å². The molecule has 0 aliphatic heterocycles. The van der Waals surface area contributed by atoms with Crippen LogP contribution in [0, 0.1) is 0 Å². The minimum Gasteiger partial charge on any atom is -0.478 e. The first-order valence-corrected chi connectivity index (χ1v) is 7.62. The van der Waals surface area contributed by atoms with E-state index in [1.54, 1.807) is 12.1 Å². The number of carboxylic acids is 1. The molecule has 0 aliphatic rings. The quantitative estimate of drug-likeness (QED) is 0.813. The normalized spacial score (nSPS) is 10.3. The average molecular weight is 312 g/mol. The zero-order chi connectivity index (χ0) is 16.8. The first-order valence-electron chi connectivity index (χ1n) is 7.62. The van der Waals surface area contributed by atoms with Gasteiger partial charge in [0.15, 0.2) is 0 Å². The second kappa shape index (κ2) is 7.58. The van der Waals surface area contributed by atoms with Crippen molar-refractivity contribution in [3.63, 3.8) is 0 Å². The third-order valence-corrected chi connectivity index (χ3v) is 3.76. The van der Waals surface area contributed by atoms with E-state index in [0.717, 1.165) is 19.3 Å². The molecule has 2 aromatic rings. The summed E-state index contributed by atoms with van der Waals surface area (Å²) in [4.78, 5) is 23.5. The number of hydrogen-bond donors (Lipinski definition) is 1. The second-order valence-electron chi connectivity index (χ2n) is 5.33. The van der Waals surface area contributed by atoms with Gasteiger partial charge in [-0.2, -0.15) is 0 Å². The Kier molecular flexibility index (Phi) is 5.52. The fourth-order valence-electron chi connectivity index (χ4n) is 2.54. The van der Waals surface area contributed by atoms with Gasteiger partial charge in [-0.15, -0.1) is 0 Å². The van der Waals surface area contributed by atoms with E-state index >= 15 is 0 Å². The number of carboxylic acid groups (broad SMARTS) is 1. The number of carbonyl (C=O) groups is 2. The maximum atomic E-state index is 12.0. The summed E-state index contributed by atoms with van der Waals surface area (Å²) < 4.78 is 4.78. The summed E-state index contributed by atoms with van der Waals surface area (Å²) in [5.41, 5.74) is 2.64. The molecule has 0 atom stereocenters. The Morgan fingerprint density at radius 1 is 1.04 bits per heavy atom. The molecule has 1 N–H and O–H groups in total. The maximum Gasteiger partial charge on any atom is 0.338 e. The number of rotatable bonds is 6. The lowest BCUT2D eigenvalue weighted by atomic mass is 9.93. The minimum absolute atomic E-state index is 0.0919. The van der Waals surface area contributed by atoms with Crippen LogP contribution in [-0.4, -0.2) is 24.2 Å². The van der Waals surface area contributed by atoms with E-state index in [9.17, 15) is 14.7 Å². The van der Waals surface area contributed by atoms with Crippen LogP contribution in [0.2, 0.25) is 0 Å². The zero-order valence-electron chi connectivity index (χ0n) is 13.3. The summed E-state index contributed by atoms with van der Waals surface area (Å²) in [7, 11) is 1.29. The molecule has 0 aromatic heterocycles. The Bertz CT molecular complexity index is 702. The van der Waals surface area contributed by atoms with Crippen LogP contribution in [0.3, 0.4) is 0 Å². The molecule has 0 saturated carbocycles.